The number of hydrogen-bond donors (Lipinski definition) is 1. The number of benzene rings is 1. The fraction of sp³-hybridized carbons (Fsp3) is 0.214. The molecule has 0 radical (unpaired) electrons. The fourth-order valence-electron chi connectivity index (χ4n) is 1.87. The van der Waals surface area contributed by atoms with Crippen molar-refractivity contribution in [1.29, 1.82) is 0 Å². The molecule has 2 rings (SSSR count). The topological polar surface area (TPSA) is 90.4 Å². The van der Waals surface area contributed by atoms with Gasteiger partial charge in [-0.25, -0.2) is 9.59 Å². The zero-order valence-corrected chi connectivity index (χ0v) is 11.6. The van der Waals surface area contributed by atoms with Crippen LogP contribution in [0.15, 0.2) is 40.1 Å². The molecule has 1 N–H and O–H groups in total. The average molecular weight is 290 g/mol. The molecule has 7 nitrogen and oxygen atoms in total. The van der Waals surface area contributed by atoms with Crippen LogP contribution in [0.5, 0.6) is 5.75 Å². The van der Waals surface area contributed by atoms with Gasteiger partial charge in [-0.15, -0.1) is 0 Å². The Morgan fingerprint density at radius 3 is 2.62 bits per heavy atom. The largest absolute Gasteiger partial charge is 0.496 e. The Hall–Kier alpha value is -2.83. The standard InChI is InChI=1S/C14H14N2O5/c1-20-11-7-9(13(18)21-2)3-4-10(11)8-16-6-5-12(17)15-14(16)19/h3-7H,8H2,1-2H3,(H,15,17,19). The second-order valence-corrected chi connectivity index (χ2v) is 4.26. The number of nitrogens with one attached hydrogen (secondary N) is 1. The number of hydrogen-bond acceptors (Lipinski definition) is 5. The van der Waals surface area contributed by atoms with Crippen molar-refractivity contribution in [3.05, 3.63) is 62.4 Å². The summed E-state index contributed by atoms with van der Waals surface area (Å²) in [6.07, 6.45) is 1.40. The van der Waals surface area contributed by atoms with Crippen LogP contribution >= 0.6 is 0 Å². The van der Waals surface area contributed by atoms with Crippen LogP contribution in [-0.2, 0) is 11.3 Å². The Balaban J connectivity index is 2.38. The number of aromatic nitrogens is 2. The van der Waals surface area contributed by atoms with Crippen molar-refractivity contribution < 1.29 is 14.3 Å². The van der Waals surface area contributed by atoms with E-state index in [4.69, 9.17) is 4.74 Å². The van der Waals surface area contributed by atoms with Gasteiger partial charge in [0, 0.05) is 17.8 Å². The van der Waals surface area contributed by atoms with E-state index in [1.807, 2.05) is 0 Å². The zero-order valence-electron chi connectivity index (χ0n) is 11.6. The Bertz CT molecular complexity index is 775. The Labute approximate surface area is 119 Å². The number of nitrogens with zero attached hydrogens (tertiary/aromatic N) is 1. The minimum atomic E-state index is -0.512. The third-order valence-corrected chi connectivity index (χ3v) is 2.95. The molecule has 1 heterocycles. The second-order valence-electron chi connectivity index (χ2n) is 4.26. The molecule has 7 heteroatoms. The Kier molecular flexibility index (Phi) is 4.22. The summed E-state index contributed by atoms with van der Waals surface area (Å²) in [4.78, 5) is 36.3. The quantitative estimate of drug-likeness (QED) is 0.822. The fourth-order valence-corrected chi connectivity index (χ4v) is 1.87. The van der Waals surface area contributed by atoms with E-state index in [0.29, 0.717) is 16.9 Å². The number of rotatable bonds is 4. The number of ether oxygens (including phenoxy) is 2. The number of H-pyrrole nitrogens is 1. The van der Waals surface area contributed by atoms with E-state index in [9.17, 15) is 14.4 Å². The van der Waals surface area contributed by atoms with Gasteiger partial charge in [0.25, 0.3) is 5.56 Å². The van der Waals surface area contributed by atoms with Crippen LogP contribution < -0.4 is 16.0 Å². The van der Waals surface area contributed by atoms with Gasteiger partial charge in [-0.3, -0.25) is 14.3 Å². The van der Waals surface area contributed by atoms with Crippen molar-refractivity contribution in [1.82, 2.24) is 9.55 Å². The summed E-state index contributed by atoms with van der Waals surface area (Å²) in [6, 6.07) is 6.05. The van der Waals surface area contributed by atoms with Crippen molar-refractivity contribution in [3.8, 4) is 5.75 Å². The van der Waals surface area contributed by atoms with Crippen molar-refractivity contribution in [2.45, 2.75) is 6.54 Å². The highest BCUT2D eigenvalue weighted by molar-refractivity contribution is 5.89. The molecule has 0 saturated heterocycles. The first kappa shape index (κ1) is 14.6. The van der Waals surface area contributed by atoms with E-state index in [-0.39, 0.29) is 6.54 Å². The molecule has 0 saturated carbocycles. The molecule has 0 spiro atoms. The van der Waals surface area contributed by atoms with Crippen molar-refractivity contribution in [2.24, 2.45) is 0 Å². The maximum atomic E-state index is 11.7. The predicted molar refractivity (Wildman–Crippen MR) is 74.8 cm³/mol. The molecule has 1 aromatic heterocycles. The molecule has 0 atom stereocenters. The molecule has 21 heavy (non-hydrogen) atoms. The van der Waals surface area contributed by atoms with Crippen molar-refractivity contribution in [3.63, 3.8) is 0 Å². The summed E-state index contributed by atoms with van der Waals surface area (Å²) >= 11 is 0. The first-order valence-electron chi connectivity index (χ1n) is 6.10. The van der Waals surface area contributed by atoms with Crippen LogP contribution in [0.1, 0.15) is 15.9 Å². The summed E-state index contributed by atoms with van der Waals surface area (Å²) in [5.74, 6) is -0.0166. The molecule has 1 aromatic carbocycles. The van der Waals surface area contributed by atoms with E-state index in [1.54, 1.807) is 12.1 Å². The van der Waals surface area contributed by atoms with Crippen LogP contribution in [0.4, 0.5) is 0 Å². The lowest BCUT2D eigenvalue weighted by atomic mass is 10.1. The van der Waals surface area contributed by atoms with Crippen LogP contribution in [0, 0.1) is 0 Å². The van der Waals surface area contributed by atoms with Crippen LogP contribution in [0.25, 0.3) is 0 Å². The first-order valence-corrected chi connectivity index (χ1v) is 6.10. The molecular formula is C14H14N2O5. The molecule has 0 aliphatic heterocycles. The maximum absolute atomic E-state index is 11.7. The first-order chi connectivity index (χ1) is 10.0. The summed E-state index contributed by atoms with van der Waals surface area (Å²) in [5.41, 5.74) is 0.0806. The third kappa shape index (κ3) is 3.19. The Morgan fingerprint density at radius 2 is 2.00 bits per heavy atom. The molecular weight excluding hydrogens is 276 g/mol. The summed E-state index contributed by atoms with van der Waals surface area (Å²) in [7, 11) is 2.76. The van der Waals surface area contributed by atoms with E-state index in [2.05, 4.69) is 9.72 Å². The highest BCUT2D eigenvalue weighted by Crippen LogP contribution is 2.21. The van der Waals surface area contributed by atoms with Gasteiger partial charge in [-0.05, 0) is 12.1 Å². The van der Waals surface area contributed by atoms with Gasteiger partial charge in [0.1, 0.15) is 5.75 Å². The van der Waals surface area contributed by atoms with E-state index in [1.165, 1.54) is 37.1 Å². The van der Waals surface area contributed by atoms with Crippen molar-refractivity contribution >= 4 is 5.97 Å². The molecule has 0 aliphatic rings. The molecule has 0 fully saturated rings. The SMILES string of the molecule is COC(=O)c1ccc(Cn2ccc(=O)[nH]c2=O)c(OC)c1. The van der Waals surface area contributed by atoms with Crippen LogP contribution in [0.3, 0.4) is 0 Å². The number of carbonyl (C=O) groups excluding carboxylic acids is 1. The Morgan fingerprint density at radius 1 is 1.24 bits per heavy atom. The van der Waals surface area contributed by atoms with Gasteiger partial charge in [0.15, 0.2) is 0 Å². The molecule has 0 bridgehead atoms. The highest BCUT2D eigenvalue weighted by Gasteiger charge is 2.11. The molecule has 0 amide bonds. The van der Waals surface area contributed by atoms with Gasteiger partial charge < -0.3 is 9.47 Å². The number of carbonyl (C=O) groups is 1. The monoisotopic (exact) mass is 290 g/mol. The van der Waals surface area contributed by atoms with E-state index >= 15 is 0 Å². The molecule has 110 valence electrons. The van der Waals surface area contributed by atoms with Gasteiger partial charge in [-0.2, -0.15) is 0 Å². The molecule has 0 unspecified atom stereocenters. The highest BCUT2D eigenvalue weighted by atomic mass is 16.5. The number of methoxy groups -OCH3 is 2. The lowest BCUT2D eigenvalue weighted by molar-refractivity contribution is 0.0600. The van der Waals surface area contributed by atoms with Gasteiger partial charge in [0.2, 0.25) is 0 Å². The predicted octanol–water partition coefficient (Wildman–Crippen LogP) is 0.380. The maximum Gasteiger partial charge on any atom is 0.337 e. The van der Waals surface area contributed by atoms with E-state index < -0.39 is 17.2 Å². The smallest absolute Gasteiger partial charge is 0.337 e. The van der Waals surface area contributed by atoms with Crippen LogP contribution in [-0.4, -0.2) is 29.7 Å². The molecule has 2 aromatic rings. The average Bonchev–Trinajstić information content (AvgIpc) is 2.49. The lowest BCUT2D eigenvalue weighted by Gasteiger charge is -2.11. The third-order valence-electron chi connectivity index (χ3n) is 2.95. The minimum absolute atomic E-state index is 0.209. The summed E-state index contributed by atoms with van der Waals surface area (Å²) < 4.78 is 11.2. The van der Waals surface area contributed by atoms with Gasteiger partial charge in [-0.1, -0.05) is 6.07 Å². The zero-order chi connectivity index (χ0) is 15.4. The lowest BCUT2D eigenvalue weighted by Crippen LogP contribution is -2.29. The minimum Gasteiger partial charge on any atom is -0.496 e. The van der Waals surface area contributed by atoms with Gasteiger partial charge in [0.05, 0.1) is 26.3 Å². The summed E-state index contributed by atoms with van der Waals surface area (Å²) in [6.45, 7) is 0.209. The summed E-state index contributed by atoms with van der Waals surface area (Å²) in [5, 5.41) is 0. The van der Waals surface area contributed by atoms with Gasteiger partial charge >= 0.3 is 11.7 Å². The van der Waals surface area contributed by atoms with E-state index in [0.717, 1.165) is 0 Å². The van der Waals surface area contributed by atoms with Crippen molar-refractivity contribution in [2.75, 3.05) is 14.2 Å². The number of aromatic amines is 1. The normalized spacial score (nSPS) is 10.2. The molecule has 0 aliphatic carbocycles. The van der Waals surface area contributed by atoms with Crippen LogP contribution in [0.2, 0.25) is 0 Å². The second kappa shape index (κ2) is 6.08. The number of esters is 1.